The van der Waals surface area contributed by atoms with Crippen LogP contribution in [0.3, 0.4) is 0 Å². The molecule has 30 heavy (non-hydrogen) atoms. The standard InChI is InChI=1S/C21H18BrClN2O5/c1-12-4-5-15(23)8-17(12)25-21(27)14(10-24)6-13-7-18(28-2)19(9-16(13)22)30-11-20(26)29-3/h4-9H,11H2,1-3H3,(H,25,27)/b14-6+. The fraction of sp³-hybridized carbons (Fsp3) is 0.190. The highest BCUT2D eigenvalue weighted by Gasteiger charge is 2.15. The molecule has 9 heteroatoms. The molecule has 2 rings (SSSR count). The Balaban J connectivity index is 2.32. The zero-order valence-electron chi connectivity index (χ0n) is 16.4. The van der Waals surface area contributed by atoms with E-state index >= 15 is 0 Å². The molecular weight excluding hydrogens is 476 g/mol. The lowest BCUT2D eigenvalue weighted by atomic mass is 10.1. The second-order valence-corrected chi connectivity index (χ2v) is 7.26. The summed E-state index contributed by atoms with van der Waals surface area (Å²) in [5, 5.41) is 12.6. The summed E-state index contributed by atoms with van der Waals surface area (Å²) < 4.78 is 15.7. The Bertz CT molecular complexity index is 1050. The molecule has 0 spiro atoms. The molecule has 2 aromatic rings. The Morgan fingerprint density at radius 1 is 1.23 bits per heavy atom. The van der Waals surface area contributed by atoms with Gasteiger partial charge in [-0.05, 0) is 48.4 Å². The highest BCUT2D eigenvalue weighted by Crippen LogP contribution is 2.34. The molecular formula is C21H18BrClN2O5. The number of ether oxygens (including phenoxy) is 3. The van der Waals surface area contributed by atoms with Gasteiger partial charge < -0.3 is 19.5 Å². The van der Waals surface area contributed by atoms with Gasteiger partial charge in [-0.25, -0.2) is 4.79 Å². The first-order valence-corrected chi connectivity index (χ1v) is 9.72. The van der Waals surface area contributed by atoms with Crippen LogP contribution < -0.4 is 14.8 Å². The number of esters is 1. The molecule has 0 heterocycles. The summed E-state index contributed by atoms with van der Waals surface area (Å²) in [7, 11) is 2.69. The average Bonchev–Trinajstić information content (AvgIpc) is 2.73. The summed E-state index contributed by atoms with van der Waals surface area (Å²) in [6.45, 7) is 1.52. The number of aryl methyl sites for hydroxylation is 1. The molecule has 156 valence electrons. The van der Waals surface area contributed by atoms with Gasteiger partial charge in [-0.1, -0.05) is 33.6 Å². The highest BCUT2D eigenvalue weighted by atomic mass is 79.9. The van der Waals surface area contributed by atoms with Crippen LogP contribution in [0.4, 0.5) is 5.69 Å². The van der Waals surface area contributed by atoms with Crippen molar-refractivity contribution in [3.63, 3.8) is 0 Å². The lowest BCUT2D eigenvalue weighted by Gasteiger charge is -2.12. The highest BCUT2D eigenvalue weighted by molar-refractivity contribution is 9.10. The summed E-state index contributed by atoms with van der Waals surface area (Å²) >= 11 is 9.35. The van der Waals surface area contributed by atoms with E-state index in [0.29, 0.717) is 32.2 Å². The molecule has 0 aromatic heterocycles. The first kappa shape index (κ1) is 23.3. The number of carbonyl (C=O) groups excluding carboxylic acids is 2. The topological polar surface area (TPSA) is 97.7 Å². The number of nitrogens with one attached hydrogen (secondary N) is 1. The first-order valence-electron chi connectivity index (χ1n) is 8.55. The van der Waals surface area contributed by atoms with E-state index in [9.17, 15) is 14.9 Å². The summed E-state index contributed by atoms with van der Waals surface area (Å²) in [5.74, 6) is -0.516. The third-order valence-corrected chi connectivity index (χ3v) is 4.89. The summed E-state index contributed by atoms with van der Waals surface area (Å²) in [6.07, 6.45) is 1.41. The van der Waals surface area contributed by atoms with Crippen LogP contribution in [0.5, 0.6) is 11.5 Å². The first-order chi connectivity index (χ1) is 14.3. The maximum absolute atomic E-state index is 12.6. The Morgan fingerprint density at radius 2 is 1.97 bits per heavy atom. The quantitative estimate of drug-likeness (QED) is 0.346. The van der Waals surface area contributed by atoms with E-state index in [1.54, 1.807) is 30.3 Å². The predicted molar refractivity (Wildman–Crippen MR) is 117 cm³/mol. The minimum absolute atomic E-state index is 0.125. The minimum atomic E-state index is -0.584. The van der Waals surface area contributed by atoms with Crippen LogP contribution >= 0.6 is 27.5 Å². The van der Waals surface area contributed by atoms with E-state index < -0.39 is 11.9 Å². The lowest BCUT2D eigenvalue weighted by Crippen LogP contribution is -2.14. The molecule has 0 aliphatic heterocycles. The molecule has 0 aliphatic carbocycles. The number of hydrogen-bond acceptors (Lipinski definition) is 6. The van der Waals surface area contributed by atoms with Crippen LogP contribution in [-0.2, 0) is 14.3 Å². The monoisotopic (exact) mass is 492 g/mol. The van der Waals surface area contributed by atoms with Gasteiger partial charge in [-0.2, -0.15) is 5.26 Å². The summed E-state index contributed by atoms with van der Waals surface area (Å²) in [4.78, 5) is 23.9. The van der Waals surface area contributed by atoms with Crippen molar-refractivity contribution in [1.29, 1.82) is 5.26 Å². The van der Waals surface area contributed by atoms with Gasteiger partial charge in [0.05, 0.1) is 14.2 Å². The van der Waals surface area contributed by atoms with Gasteiger partial charge >= 0.3 is 5.97 Å². The van der Waals surface area contributed by atoms with Crippen molar-refractivity contribution in [3.8, 4) is 17.6 Å². The number of nitrogens with zero attached hydrogens (tertiary/aromatic N) is 1. The molecule has 0 radical (unpaired) electrons. The van der Waals surface area contributed by atoms with E-state index in [0.717, 1.165) is 5.56 Å². The van der Waals surface area contributed by atoms with Crippen LogP contribution in [0.2, 0.25) is 5.02 Å². The number of nitriles is 1. The van der Waals surface area contributed by atoms with Crippen LogP contribution in [0.15, 0.2) is 40.4 Å². The van der Waals surface area contributed by atoms with Gasteiger partial charge in [0, 0.05) is 15.2 Å². The average molecular weight is 494 g/mol. The molecule has 2 aromatic carbocycles. The number of carbonyl (C=O) groups is 2. The van der Waals surface area contributed by atoms with Crippen molar-refractivity contribution in [2.24, 2.45) is 0 Å². The van der Waals surface area contributed by atoms with Crippen molar-refractivity contribution in [1.82, 2.24) is 0 Å². The SMILES string of the molecule is COC(=O)COc1cc(Br)c(/C=C(\C#N)C(=O)Nc2cc(Cl)ccc2C)cc1OC. The van der Waals surface area contributed by atoms with Crippen LogP contribution in [0.25, 0.3) is 6.08 Å². The lowest BCUT2D eigenvalue weighted by molar-refractivity contribution is -0.142. The fourth-order valence-electron chi connectivity index (χ4n) is 2.35. The smallest absolute Gasteiger partial charge is 0.343 e. The molecule has 0 fully saturated rings. The van der Waals surface area contributed by atoms with Gasteiger partial charge in [0.2, 0.25) is 0 Å². The maximum Gasteiger partial charge on any atom is 0.343 e. The zero-order chi connectivity index (χ0) is 22.3. The molecule has 0 aliphatic rings. The van der Waals surface area contributed by atoms with E-state index in [4.69, 9.17) is 21.1 Å². The molecule has 0 bridgehead atoms. The van der Waals surface area contributed by atoms with Crippen molar-refractivity contribution in [2.75, 3.05) is 26.1 Å². The second-order valence-electron chi connectivity index (χ2n) is 5.97. The summed E-state index contributed by atoms with van der Waals surface area (Å²) in [6, 6.07) is 10.1. The van der Waals surface area contributed by atoms with Gasteiger partial charge in [-0.3, -0.25) is 4.79 Å². The second kappa shape index (κ2) is 10.7. The summed E-state index contributed by atoms with van der Waals surface area (Å²) in [5.41, 5.74) is 1.70. The molecule has 0 atom stereocenters. The Kier molecular flexibility index (Phi) is 8.27. The maximum atomic E-state index is 12.6. The van der Waals surface area contributed by atoms with Gasteiger partial charge in [-0.15, -0.1) is 0 Å². The largest absolute Gasteiger partial charge is 0.493 e. The van der Waals surface area contributed by atoms with Crippen LogP contribution in [0, 0.1) is 18.3 Å². The number of anilines is 1. The fourth-order valence-corrected chi connectivity index (χ4v) is 2.96. The van der Waals surface area contributed by atoms with Crippen molar-refractivity contribution < 1.29 is 23.8 Å². The van der Waals surface area contributed by atoms with E-state index in [2.05, 4.69) is 26.0 Å². The molecule has 1 N–H and O–H groups in total. The van der Waals surface area contributed by atoms with E-state index in [1.807, 2.05) is 13.0 Å². The van der Waals surface area contributed by atoms with Crippen molar-refractivity contribution in [3.05, 3.63) is 56.5 Å². The predicted octanol–water partition coefficient (Wildman–Crippen LogP) is 4.52. The van der Waals surface area contributed by atoms with Crippen molar-refractivity contribution in [2.45, 2.75) is 6.92 Å². The van der Waals surface area contributed by atoms with E-state index in [1.165, 1.54) is 20.3 Å². The van der Waals surface area contributed by atoms with Crippen molar-refractivity contribution >= 4 is 51.2 Å². The molecule has 0 unspecified atom stereocenters. The number of amides is 1. The number of rotatable bonds is 7. The van der Waals surface area contributed by atoms with Gasteiger partial charge in [0.1, 0.15) is 11.6 Å². The third kappa shape index (κ3) is 5.99. The van der Waals surface area contributed by atoms with Gasteiger partial charge in [0.25, 0.3) is 5.91 Å². The third-order valence-electron chi connectivity index (χ3n) is 3.97. The van der Waals surface area contributed by atoms with Crippen LogP contribution in [-0.4, -0.2) is 32.7 Å². The Morgan fingerprint density at radius 3 is 2.60 bits per heavy atom. The number of methoxy groups -OCH3 is 2. The number of hydrogen-bond donors (Lipinski definition) is 1. The molecule has 7 nitrogen and oxygen atoms in total. The molecule has 1 amide bonds. The molecule has 0 saturated carbocycles. The Hall–Kier alpha value is -3.02. The Labute approximate surface area is 187 Å². The normalized spacial score (nSPS) is 10.7. The van der Waals surface area contributed by atoms with E-state index in [-0.39, 0.29) is 12.2 Å². The number of benzene rings is 2. The van der Waals surface area contributed by atoms with Crippen LogP contribution in [0.1, 0.15) is 11.1 Å². The molecule has 0 saturated heterocycles. The zero-order valence-corrected chi connectivity index (χ0v) is 18.8. The van der Waals surface area contributed by atoms with Gasteiger partial charge in [0.15, 0.2) is 18.1 Å². The minimum Gasteiger partial charge on any atom is -0.493 e. The number of halogens is 2.